The second kappa shape index (κ2) is 12.0. The Bertz CT molecular complexity index is 1250. The van der Waals surface area contributed by atoms with Crippen LogP contribution in [-0.4, -0.2) is 52.5 Å². The Balaban J connectivity index is 1.39. The van der Waals surface area contributed by atoms with Gasteiger partial charge in [-0.3, -0.25) is 9.69 Å². The number of phenolic OH excluding ortho intramolecular Hbond substituents is 1. The second-order valence-electron chi connectivity index (χ2n) is 10.7. The van der Waals surface area contributed by atoms with Gasteiger partial charge in [-0.1, -0.05) is 60.2 Å². The number of nitrogens with zero attached hydrogens (tertiary/aromatic N) is 2. The summed E-state index contributed by atoms with van der Waals surface area (Å²) in [5.41, 5.74) is 7.03. The molecule has 2 aliphatic heterocycles. The highest BCUT2D eigenvalue weighted by molar-refractivity contribution is 5.95. The second-order valence-corrected chi connectivity index (χ2v) is 10.7. The molecule has 4 nitrogen and oxygen atoms in total. The lowest BCUT2D eigenvalue weighted by Crippen LogP contribution is -2.41. The number of piperidine rings is 1. The van der Waals surface area contributed by atoms with E-state index in [4.69, 9.17) is 0 Å². The van der Waals surface area contributed by atoms with Gasteiger partial charge in [0.25, 0.3) is 5.91 Å². The average Bonchev–Trinajstić information content (AvgIpc) is 3.17. The zero-order valence-electron chi connectivity index (χ0n) is 22.8. The Morgan fingerprint density at radius 3 is 2.13 bits per heavy atom. The Labute approximate surface area is 227 Å². The zero-order chi connectivity index (χ0) is 26.5. The van der Waals surface area contributed by atoms with Crippen LogP contribution in [0, 0.1) is 0 Å². The summed E-state index contributed by atoms with van der Waals surface area (Å²) in [7, 11) is 0. The molecule has 0 spiro atoms. The summed E-state index contributed by atoms with van der Waals surface area (Å²) in [4.78, 5) is 17.5. The lowest BCUT2D eigenvalue weighted by atomic mass is 9.85. The predicted molar refractivity (Wildman–Crippen MR) is 155 cm³/mol. The van der Waals surface area contributed by atoms with Crippen molar-refractivity contribution in [1.29, 1.82) is 0 Å². The van der Waals surface area contributed by atoms with Crippen molar-refractivity contribution in [2.45, 2.75) is 64.5 Å². The molecule has 2 bridgehead atoms. The van der Waals surface area contributed by atoms with E-state index in [1.807, 2.05) is 43.0 Å². The molecule has 5 rings (SSSR count). The molecule has 2 atom stereocenters. The lowest BCUT2D eigenvalue weighted by molar-refractivity contribution is 0.0773. The number of hydrogen-bond donors (Lipinski definition) is 1. The summed E-state index contributed by atoms with van der Waals surface area (Å²) in [5, 5.41) is 10.3. The number of aryl methyl sites for hydroxylation is 1. The van der Waals surface area contributed by atoms with Gasteiger partial charge in [-0.05, 0) is 105 Å². The first kappa shape index (κ1) is 26.2. The van der Waals surface area contributed by atoms with Crippen LogP contribution < -0.4 is 0 Å². The molecule has 0 aliphatic carbocycles. The van der Waals surface area contributed by atoms with Gasteiger partial charge in [-0.25, -0.2) is 0 Å². The third-order valence-corrected chi connectivity index (χ3v) is 8.42. The van der Waals surface area contributed by atoms with Gasteiger partial charge >= 0.3 is 0 Å². The van der Waals surface area contributed by atoms with Crippen molar-refractivity contribution in [1.82, 2.24) is 9.80 Å². The first-order valence-electron chi connectivity index (χ1n) is 14.3. The third-order valence-electron chi connectivity index (χ3n) is 8.42. The van der Waals surface area contributed by atoms with Crippen LogP contribution in [-0.2, 0) is 6.42 Å². The molecule has 38 heavy (non-hydrogen) atoms. The predicted octanol–water partition coefficient (Wildman–Crippen LogP) is 6.94. The molecule has 1 N–H and O–H groups in total. The monoisotopic (exact) mass is 508 g/mol. The van der Waals surface area contributed by atoms with Gasteiger partial charge in [0.05, 0.1) is 0 Å². The van der Waals surface area contributed by atoms with Crippen molar-refractivity contribution in [3.63, 3.8) is 0 Å². The maximum atomic E-state index is 12.9. The fourth-order valence-corrected chi connectivity index (χ4v) is 6.49. The highest BCUT2D eigenvalue weighted by atomic mass is 16.3. The fraction of sp³-hybridized carbons (Fsp3) is 0.382. The summed E-state index contributed by atoms with van der Waals surface area (Å²) in [6.07, 6.45) is 6.96. The van der Waals surface area contributed by atoms with Crippen LogP contribution in [0.1, 0.15) is 73.0 Å². The average molecular weight is 509 g/mol. The number of hydrogen-bond acceptors (Lipinski definition) is 3. The number of carbonyl (C=O) groups is 1. The normalized spacial score (nSPS) is 18.9. The number of rotatable bonds is 9. The van der Waals surface area contributed by atoms with Crippen LogP contribution in [0.5, 0.6) is 5.75 Å². The zero-order valence-corrected chi connectivity index (χ0v) is 22.8. The van der Waals surface area contributed by atoms with Crippen LogP contribution in [0.25, 0.3) is 5.57 Å². The van der Waals surface area contributed by atoms with E-state index >= 15 is 0 Å². The number of benzene rings is 3. The third kappa shape index (κ3) is 5.71. The van der Waals surface area contributed by atoms with Crippen LogP contribution in [0.15, 0.2) is 84.4 Å². The van der Waals surface area contributed by atoms with Gasteiger partial charge < -0.3 is 10.0 Å². The number of aromatic hydroxyl groups is 1. The van der Waals surface area contributed by atoms with Gasteiger partial charge in [-0.15, -0.1) is 0 Å². The van der Waals surface area contributed by atoms with E-state index in [1.54, 1.807) is 6.07 Å². The smallest absolute Gasteiger partial charge is 0.253 e. The highest BCUT2D eigenvalue weighted by Crippen LogP contribution is 2.43. The summed E-state index contributed by atoms with van der Waals surface area (Å²) in [5.74, 6) is 0.366. The molecule has 1 amide bonds. The minimum Gasteiger partial charge on any atom is -0.508 e. The molecule has 198 valence electrons. The van der Waals surface area contributed by atoms with Gasteiger partial charge in [0.2, 0.25) is 0 Å². The molecule has 3 aromatic rings. The Morgan fingerprint density at radius 1 is 0.842 bits per heavy atom. The van der Waals surface area contributed by atoms with E-state index in [1.165, 1.54) is 36.0 Å². The van der Waals surface area contributed by atoms with Crippen molar-refractivity contribution < 1.29 is 9.90 Å². The Kier molecular flexibility index (Phi) is 8.29. The Morgan fingerprint density at radius 2 is 1.50 bits per heavy atom. The van der Waals surface area contributed by atoms with Gasteiger partial charge in [0.15, 0.2) is 0 Å². The molecule has 2 aliphatic rings. The van der Waals surface area contributed by atoms with E-state index in [0.29, 0.717) is 25.2 Å². The minimum absolute atomic E-state index is 0.0787. The van der Waals surface area contributed by atoms with E-state index in [9.17, 15) is 9.90 Å². The van der Waals surface area contributed by atoms with E-state index in [-0.39, 0.29) is 11.7 Å². The molecule has 2 saturated heterocycles. The summed E-state index contributed by atoms with van der Waals surface area (Å²) in [6, 6.07) is 27.7. The van der Waals surface area contributed by atoms with Crippen LogP contribution in [0.2, 0.25) is 0 Å². The molecule has 0 saturated carbocycles. The number of amides is 1. The van der Waals surface area contributed by atoms with Crippen LogP contribution in [0.4, 0.5) is 0 Å². The lowest BCUT2D eigenvalue weighted by Gasteiger charge is -2.37. The summed E-state index contributed by atoms with van der Waals surface area (Å²) in [6.45, 7) is 6.60. The fourth-order valence-electron chi connectivity index (χ4n) is 6.49. The first-order chi connectivity index (χ1) is 18.6. The molecule has 0 aromatic heterocycles. The quantitative estimate of drug-likeness (QED) is 0.341. The first-order valence-corrected chi connectivity index (χ1v) is 14.3. The molecule has 2 fully saturated rings. The highest BCUT2D eigenvalue weighted by Gasteiger charge is 2.39. The van der Waals surface area contributed by atoms with Crippen molar-refractivity contribution in [3.8, 4) is 5.75 Å². The molecule has 2 unspecified atom stereocenters. The summed E-state index contributed by atoms with van der Waals surface area (Å²) >= 11 is 0. The maximum absolute atomic E-state index is 12.9. The standard InChI is InChI=1S/C34H40N2O2/c1-3-35(4-2)34(38)27-17-15-26(16-18-27)33(28-13-8-14-32(37)24-28)29-22-30-19-20-31(23-29)36(30)21-9-12-25-10-6-5-7-11-25/h5-8,10-11,13-18,24,30-31,37H,3-4,9,12,19-23H2,1-2H3. The number of phenols is 1. The van der Waals surface area contributed by atoms with E-state index in [2.05, 4.69) is 53.4 Å². The van der Waals surface area contributed by atoms with Crippen molar-refractivity contribution >= 4 is 11.5 Å². The van der Waals surface area contributed by atoms with Crippen molar-refractivity contribution in [2.75, 3.05) is 19.6 Å². The minimum atomic E-state index is 0.0787. The SMILES string of the molecule is CCN(CC)C(=O)c1ccc(C(=C2CC3CCC(C2)N3CCCc2ccccc2)c2cccc(O)c2)cc1. The van der Waals surface area contributed by atoms with Gasteiger partial charge in [0, 0.05) is 30.7 Å². The Hall–Kier alpha value is -3.37. The van der Waals surface area contributed by atoms with Gasteiger partial charge in [-0.2, -0.15) is 0 Å². The van der Waals surface area contributed by atoms with Gasteiger partial charge in [0.1, 0.15) is 5.75 Å². The largest absolute Gasteiger partial charge is 0.508 e. The van der Waals surface area contributed by atoms with Crippen molar-refractivity contribution in [2.24, 2.45) is 0 Å². The van der Waals surface area contributed by atoms with Crippen molar-refractivity contribution in [3.05, 3.63) is 107 Å². The van der Waals surface area contributed by atoms with Crippen LogP contribution >= 0.6 is 0 Å². The molecular formula is C34H40N2O2. The molecule has 0 radical (unpaired) electrons. The molecular weight excluding hydrogens is 468 g/mol. The topological polar surface area (TPSA) is 43.8 Å². The number of carbonyl (C=O) groups excluding carboxylic acids is 1. The molecule has 4 heteroatoms. The molecule has 3 aromatic carbocycles. The van der Waals surface area contributed by atoms with E-state index < -0.39 is 0 Å². The van der Waals surface area contributed by atoms with Crippen LogP contribution in [0.3, 0.4) is 0 Å². The number of fused-ring (bicyclic) bond motifs is 2. The van der Waals surface area contributed by atoms with E-state index in [0.717, 1.165) is 42.5 Å². The molecule has 2 heterocycles. The maximum Gasteiger partial charge on any atom is 0.253 e. The summed E-state index contributed by atoms with van der Waals surface area (Å²) < 4.78 is 0.